The maximum absolute atomic E-state index is 14.1. The van der Waals surface area contributed by atoms with Crippen LogP contribution in [0.1, 0.15) is 18.1 Å². The minimum atomic E-state index is -0.603. The van der Waals surface area contributed by atoms with Gasteiger partial charge in [-0.05, 0) is 36.2 Å². The number of rotatable bonds is 5. The van der Waals surface area contributed by atoms with Crippen LogP contribution in [0, 0.1) is 17.5 Å². The van der Waals surface area contributed by atoms with Crippen LogP contribution >= 0.6 is 0 Å². The van der Waals surface area contributed by atoms with Gasteiger partial charge in [0.1, 0.15) is 23.1 Å². The highest BCUT2D eigenvalue weighted by Gasteiger charge is 2.10. The van der Waals surface area contributed by atoms with E-state index in [1.165, 1.54) is 24.5 Å². The third-order valence-electron chi connectivity index (χ3n) is 3.29. The van der Waals surface area contributed by atoms with Crippen LogP contribution < -0.4 is 0 Å². The smallest absolute Gasteiger partial charge is 0.149 e. The van der Waals surface area contributed by atoms with Crippen LogP contribution in [-0.4, -0.2) is 24.8 Å². The zero-order valence-electron chi connectivity index (χ0n) is 12.5. The van der Waals surface area contributed by atoms with Gasteiger partial charge in [0, 0.05) is 26.1 Å². The Labute approximate surface area is 127 Å². The van der Waals surface area contributed by atoms with Crippen molar-refractivity contribution in [3.8, 4) is 0 Å². The molecule has 2 nitrogen and oxygen atoms in total. The SMILES string of the molecule is CCN(C)C=Nc1cc(F)c(Cc2cccc(F)c2)cc1F. The quantitative estimate of drug-likeness (QED) is 0.594. The maximum atomic E-state index is 14.1. The summed E-state index contributed by atoms with van der Waals surface area (Å²) in [6.45, 7) is 2.64. The van der Waals surface area contributed by atoms with Crippen LogP contribution in [0.2, 0.25) is 0 Å². The van der Waals surface area contributed by atoms with Gasteiger partial charge in [-0.15, -0.1) is 0 Å². The van der Waals surface area contributed by atoms with E-state index >= 15 is 0 Å². The third kappa shape index (κ3) is 4.10. The van der Waals surface area contributed by atoms with Crippen molar-refractivity contribution in [2.24, 2.45) is 4.99 Å². The second kappa shape index (κ2) is 7.11. The average molecular weight is 306 g/mol. The van der Waals surface area contributed by atoms with E-state index in [0.717, 1.165) is 12.1 Å². The Balaban J connectivity index is 2.24. The number of nitrogens with zero attached hydrogens (tertiary/aromatic N) is 2. The highest BCUT2D eigenvalue weighted by molar-refractivity contribution is 5.61. The van der Waals surface area contributed by atoms with Gasteiger partial charge in [-0.3, -0.25) is 0 Å². The van der Waals surface area contributed by atoms with Gasteiger partial charge in [-0.1, -0.05) is 12.1 Å². The molecule has 0 atom stereocenters. The molecule has 0 radical (unpaired) electrons. The van der Waals surface area contributed by atoms with Crippen molar-refractivity contribution in [3.63, 3.8) is 0 Å². The van der Waals surface area contributed by atoms with E-state index in [9.17, 15) is 13.2 Å². The largest absolute Gasteiger partial charge is 0.366 e. The Morgan fingerprint density at radius 1 is 1.09 bits per heavy atom. The van der Waals surface area contributed by atoms with Crippen molar-refractivity contribution in [2.75, 3.05) is 13.6 Å². The summed E-state index contributed by atoms with van der Waals surface area (Å²) in [5, 5.41) is 0. The van der Waals surface area contributed by atoms with Crippen molar-refractivity contribution in [3.05, 3.63) is 65.0 Å². The van der Waals surface area contributed by atoms with Crippen LogP contribution in [0.4, 0.5) is 18.9 Å². The first-order valence-corrected chi connectivity index (χ1v) is 6.96. The van der Waals surface area contributed by atoms with Crippen molar-refractivity contribution < 1.29 is 13.2 Å². The summed E-state index contributed by atoms with van der Waals surface area (Å²) in [5.74, 6) is -1.56. The highest BCUT2D eigenvalue weighted by atomic mass is 19.1. The van der Waals surface area contributed by atoms with Crippen molar-refractivity contribution in [1.82, 2.24) is 4.90 Å². The summed E-state index contributed by atoms with van der Waals surface area (Å²) in [4.78, 5) is 5.67. The fourth-order valence-corrected chi connectivity index (χ4v) is 1.92. The van der Waals surface area contributed by atoms with Gasteiger partial charge < -0.3 is 4.90 Å². The number of hydrogen-bond donors (Lipinski definition) is 0. The minimum Gasteiger partial charge on any atom is -0.366 e. The molecule has 0 spiro atoms. The number of hydrogen-bond acceptors (Lipinski definition) is 1. The molecule has 2 rings (SSSR count). The second-order valence-corrected chi connectivity index (χ2v) is 5.02. The molecule has 2 aromatic rings. The van der Waals surface area contributed by atoms with Gasteiger partial charge >= 0.3 is 0 Å². The molecule has 0 aromatic heterocycles. The maximum Gasteiger partial charge on any atom is 0.149 e. The molecule has 0 amide bonds. The van der Waals surface area contributed by atoms with Crippen molar-refractivity contribution in [1.29, 1.82) is 0 Å². The zero-order chi connectivity index (χ0) is 16.1. The van der Waals surface area contributed by atoms with Gasteiger partial charge in [0.15, 0.2) is 0 Å². The molecule has 0 saturated carbocycles. The van der Waals surface area contributed by atoms with E-state index in [1.54, 1.807) is 18.0 Å². The van der Waals surface area contributed by atoms with Crippen LogP contribution in [0.3, 0.4) is 0 Å². The van der Waals surface area contributed by atoms with Gasteiger partial charge in [0.05, 0.1) is 6.34 Å². The molecular weight excluding hydrogens is 289 g/mol. The number of aliphatic imine (C=N–C) groups is 1. The predicted octanol–water partition coefficient (Wildman–Crippen LogP) is 4.31. The molecule has 2 aromatic carbocycles. The molecule has 0 saturated heterocycles. The molecule has 116 valence electrons. The first-order valence-electron chi connectivity index (χ1n) is 6.96. The Morgan fingerprint density at radius 2 is 1.86 bits per heavy atom. The summed E-state index contributed by atoms with van der Waals surface area (Å²) in [7, 11) is 1.79. The average Bonchev–Trinajstić information content (AvgIpc) is 2.49. The lowest BCUT2D eigenvalue weighted by Gasteiger charge is -2.09. The summed E-state index contributed by atoms with van der Waals surface area (Å²) < 4.78 is 41.2. The van der Waals surface area contributed by atoms with E-state index in [-0.39, 0.29) is 17.7 Å². The lowest BCUT2D eigenvalue weighted by molar-refractivity contribution is 0.550. The molecule has 5 heteroatoms. The molecular formula is C17H17F3N2. The normalized spacial score (nSPS) is 11.1. The molecule has 0 heterocycles. The Morgan fingerprint density at radius 3 is 2.55 bits per heavy atom. The van der Waals surface area contributed by atoms with Gasteiger partial charge in [-0.2, -0.15) is 0 Å². The first kappa shape index (κ1) is 16.1. The minimum absolute atomic E-state index is 0.0548. The molecule has 0 aliphatic rings. The van der Waals surface area contributed by atoms with E-state index in [4.69, 9.17) is 0 Å². The van der Waals surface area contributed by atoms with Crippen LogP contribution in [0.15, 0.2) is 41.4 Å². The predicted molar refractivity (Wildman–Crippen MR) is 82.0 cm³/mol. The Hall–Kier alpha value is -2.30. The molecule has 22 heavy (non-hydrogen) atoms. The molecule has 0 aliphatic carbocycles. The monoisotopic (exact) mass is 306 g/mol. The van der Waals surface area contributed by atoms with Crippen molar-refractivity contribution in [2.45, 2.75) is 13.3 Å². The summed E-state index contributed by atoms with van der Waals surface area (Å²) in [6.07, 6.45) is 1.57. The lowest BCUT2D eigenvalue weighted by Crippen LogP contribution is -2.14. The fourth-order valence-electron chi connectivity index (χ4n) is 1.92. The Bertz CT molecular complexity index is 684. The Kier molecular flexibility index (Phi) is 5.20. The van der Waals surface area contributed by atoms with E-state index in [2.05, 4.69) is 4.99 Å². The summed E-state index contributed by atoms with van der Waals surface area (Å²) >= 11 is 0. The van der Waals surface area contributed by atoms with Crippen LogP contribution in [0.25, 0.3) is 0 Å². The van der Waals surface area contributed by atoms with E-state index in [0.29, 0.717) is 12.1 Å². The van der Waals surface area contributed by atoms with Gasteiger partial charge in [0.25, 0.3) is 0 Å². The molecule has 0 unspecified atom stereocenters. The van der Waals surface area contributed by atoms with Gasteiger partial charge in [0.2, 0.25) is 0 Å². The highest BCUT2D eigenvalue weighted by Crippen LogP contribution is 2.24. The molecule has 0 aliphatic heterocycles. The van der Waals surface area contributed by atoms with Crippen molar-refractivity contribution >= 4 is 12.0 Å². The van der Waals surface area contributed by atoms with Crippen LogP contribution in [-0.2, 0) is 6.42 Å². The summed E-state index contributed by atoms with van der Waals surface area (Å²) in [5.41, 5.74) is 0.701. The summed E-state index contributed by atoms with van der Waals surface area (Å²) in [6, 6.07) is 7.99. The van der Waals surface area contributed by atoms with E-state index in [1.807, 2.05) is 6.92 Å². The second-order valence-electron chi connectivity index (χ2n) is 5.02. The molecule has 0 fully saturated rings. The molecule has 0 bridgehead atoms. The standard InChI is InChI=1S/C17H17F3N2/c1-3-22(2)11-21-17-10-15(19)13(9-16(17)20)7-12-5-4-6-14(18)8-12/h4-6,8-11H,3,7H2,1-2H3. The zero-order valence-corrected chi connectivity index (χ0v) is 12.5. The topological polar surface area (TPSA) is 15.6 Å². The number of halogens is 3. The third-order valence-corrected chi connectivity index (χ3v) is 3.29. The van der Waals surface area contributed by atoms with Crippen LogP contribution in [0.5, 0.6) is 0 Å². The van der Waals surface area contributed by atoms with E-state index < -0.39 is 17.5 Å². The first-order chi connectivity index (χ1) is 10.5. The van der Waals surface area contributed by atoms with Gasteiger partial charge in [-0.25, -0.2) is 18.2 Å². The molecule has 0 N–H and O–H groups in total. The number of benzene rings is 2. The fraction of sp³-hybridized carbons (Fsp3) is 0.235. The lowest BCUT2D eigenvalue weighted by atomic mass is 10.0.